The van der Waals surface area contributed by atoms with Crippen LogP contribution in [0.2, 0.25) is 0 Å². The molecule has 0 saturated carbocycles. The predicted molar refractivity (Wildman–Crippen MR) is 199 cm³/mol. The molecule has 2 heterocycles. The Hall–Kier alpha value is -5.44. The van der Waals surface area contributed by atoms with Crippen LogP contribution in [0.1, 0.15) is 54.6 Å². The van der Waals surface area contributed by atoms with Crippen molar-refractivity contribution in [2.45, 2.75) is 39.5 Å². The predicted octanol–water partition coefficient (Wildman–Crippen LogP) is 6.94. The highest BCUT2D eigenvalue weighted by molar-refractivity contribution is 9.10. The quantitative estimate of drug-likeness (QED) is 0.134. The third kappa shape index (κ3) is 7.67. The normalized spacial score (nSPS) is 14.1. The van der Waals surface area contributed by atoms with Crippen molar-refractivity contribution in [3.8, 4) is 23.3 Å². The van der Waals surface area contributed by atoms with Gasteiger partial charge in [-0.25, -0.2) is 9.79 Å². The number of nitriles is 1. The van der Waals surface area contributed by atoms with Crippen LogP contribution >= 0.6 is 27.3 Å². The highest BCUT2D eigenvalue weighted by Crippen LogP contribution is 2.38. The van der Waals surface area contributed by atoms with Gasteiger partial charge in [-0.15, -0.1) is 0 Å². The standard InChI is InChI=1S/C40H34BrN3O6S/c1-5-48-39(46)34-35(28-9-7-6-8-10-28)43-40-44(36(34)29-15-17-30(18-16-29)50-24(2)3)38(45)33(51-40)21-27-19-31(41)37(32(20-27)47-4)49-23-26-13-11-25(22-42)12-14-26/h6-21,24,36H,5,23H2,1-4H3/b33-21-/t36-/m0/s1. The molecule has 5 aromatic rings. The lowest BCUT2D eigenvalue weighted by molar-refractivity contribution is -0.138. The Morgan fingerprint density at radius 1 is 1.06 bits per heavy atom. The van der Waals surface area contributed by atoms with Gasteiger partial charge in [-0.05, 0) is 95.9 Å². The maximum Gasteiger partial charge on any atom is 0.338 e. The zero-order valence-corrected chi connectivity index (χ0v) is 30.8. The molecule has 0 radical (unpaired) electrons. The molecule has 0 amide bonds. The molecule has 4 aromatic carbocycles. The summed E-state index contributed by atoms with van der Waals surface area (Å²) in [5.74, 6) is 1.09. The largest absolute Gasteiger partial charge is 0.493 e. The van der Waals surface area contributed by atoms with Crippen molar-refractivity contribution >= 4 is 45.0 Å². The molecule has 0 bridgehead atoms. The van der Waals surface area contributed by atoms with E-state index in [4.69, 9.17) is 29.2 Å². The molecule has 11 heteroatoms. The average molecular weight is 765 g/mol. The number of rotatable bonds is 11. The Morgan fingerprint density at radius 2 is 1.78 bits per heavy atom. The van der Waals surface area contributed by atoms with E-state index in [2.05, 4.69) is 22.0 Å². The van der Waals surface area contributed by atoms with Gasteiger partial charge in [-0.1, -0.05) is 65.9 Å². The number of hydrogen-bond acceptors (Lipinski definition) is 9. The maximum absolute atomic E-state index is 14.4. The van der Waals surface area contributed by atoms with Gasteiger partial charge >= 0.3 is 5.97 Å². The second-order valence-electron chi connectivity index (χ2n) is 11.8. The van der Waals surface area contributed by atoms with E-state index < -0.39 is 12.0 Å². The fourth-order valence-corrected chi connectivity index (χ4v) is 7.28. The van der Waals surface area contributed by atoms with Crippen molar-refractivity contribution in [3.63, 3.8) is 0 Å². The minimum absolute atomic E-state index is 0.0185. The number of carbonyl (C=O) groups is 1. The molecule has 0 N–H and O–H groups in total. The van der Waals surface area contributed by atoms with E-state index >= 15 is 0 Å². The number of esters is 1. The molecule has 0 spiro atoms. The van der Waals surface area contributed by atoms with Gasteiger partial charge in [0.15, 0.2) is 16.3 Å². The zero-order valence-electron chi connectivity index (χ0n) is 28.4. The highest BCUT2D eigenvalue weighted by Gasteiger charge is 2.35. The Balaban J connectivity index is 1.47. The Bertz CT molecular complexity index is 2320. The van der Waals surface area contributed by atoms with Crippen LogP contribution in [0.3, 0.4) is 0 Å². The van der Waals surface area contributed by atoms with Crippen molar-refractivity contribution in [2.24, 2.45) is 4.99 Å². The number of benzene rings is 4. The maximum atomic E-state index is 14.4. The lowest BCUT2D eigenvalue weighted by Gasteiger charge is -2.26. The van der Waals surface area contributed by atoms with E-state index in [1.807, 2.05) is 86.6 Å². The van der Waals surface area contributed by atoms with E-state index in [-0.39, 0.29) is 30.5 Å². The SMILES string of the molecule is CCOC(=O)C1=C(c2ccccc2)N=c2s/c(=C\c3cc(Br)c(OCc4ccc(C#N)cc4)c(OC)c3)c(=O)n2[C@H]1c1ccc(OC(C)C)cc1. The molecule has 51 heavy (non-hydrogen) atoms. The molecular weight excluding hydrogens is 730 g/mol. The van der Waals surface area contributed by atoms with Gasteiger partial charge < -0.3 is 18.9 Å². The number of thiazole rings is 1. The molecular formula is C40H34BrN3O6S. The second-order valence-corrected chi connectivity index (χ2v) is 13.7. The van der Waals surface area contributed by atoms with Crippen molar-refractivity contribution in [3.05, 3.63) is 149 Å². The minimum Gasteiger partial charge on any atom is -0.493 e. The number of methoxy groups -OCH3 is 1. The molecule has 1 atom stereocenters. The van der Waals surface area contributed by atoms with Gasteiger partial charge in [0.1, 0.15) is 12.4 Å². The lowest BCUT2D eigenvalue weighted by Crippen LogP contribution is -2.40. The van der Waals surface area contributed by atoms with Gasteiger partial charge in [0.2, 0.25) is 0 Å². The van der Waals surface area contributed by atoms with Crippen LogP contribution in [0, 0.1) is 11.3 Å². The van der Waals surface area contributed by atoms with Crippen LogP contribution in [0.15, 0.2) is 111 Å². The van der Waals surface area contributed by atoms with E-state index in [0.717, 1.165) is 11.1 Å². The molecule has 1 aliphatic rings. The van der Waals surface area contributed by atoms with Crippen LogP contribution in [0.4, 0.5) is 0 Å². The number of hydrogen-bond donors (Lipinski definition) is 0. The Labute approximate surface area is 307 Å². The third-order valence-corrected chi connectivity index (χ3v) is 9.53. The fourth-order valence-electron chi connectivity index (χ4n) is 5.70. The van der Waals surface area contributed by atoms with Gasteiger partial charge in [0.05, 0.1) is 57.8 Å². The van der Waals surface area contributed by atoms with Gasteiger partial charge in [0, 0.05) is 5.56 Å². The lowest BCUT2D eigenvalue weighted by atomic mass is 9.93. The number of nitrogens with zero attached hydrogens (tertiary/aromatic N) is 3. The first kappa shape index (κ1) is 35.4. The molecule has 9 nitrogen and oxygen atoms in total. The minimum atomic E-state index is -0.815. The molecule has 0 saturated heterocycles. The van der Waals surface area contributed by atoms with E-state index in [1.54, 1.807) is 42.9 Å². The Kier molecular flexibility index (Phi) is 10.8. The molecule has 258 valence electrons. The van der Waals surface area contributed by atoms with E-state index in [1.165, 1.54) is 11.3 Å². The summed E-state index contributed by atoms with van der Waals surface area (Å²) >= 11 is 4.86. The van der Waals surface area contributed by atoms with Crippen molar-refractivity contribution < 1.29 is 23.7 Å². The monoisotopic (exact) mass is 763 g/mol. The van der Waals surface area contributed by atoms with Crippen LogP contribution in [-0.4, -0.2) is 30.4 Å². The van der Waals surface area contributed by atoms with Crippen LogP contribution in [0.5, 0.6) is 17.2 Å². The smallest absolute Gasteiger partial charge is 0.338 e. The Morgan fingerprint density at radius 3 is 2.43 bits per heavy atom. The second kappa shape index (κ2) is 15.6. The number of halogens is 1. The zero-order chi connectivity index (χ0) is 36.1. The van der Waals surface area contributed by atoms with Crippen LogP contribution < -0.4 is 29.1 Å². The van der Waals surface area contributed by atoms with Crippen LogP contribution in [0.25, 0.3) is 11.8 Å². The van der Waals surface area contributed by atoms with Crippen LogP contribution in [-0.2, 0) is 16.1 Å². The highest BCUT2D eigenvalue weighted by atomic mass is 79.9. The number of aromatic nitrogens is 1. The summed E-state index contributed by atoms with van der Waals surface area (Å²) in [4.78, 5) is 33.5. The summed E-state index contributed by atoms with van der Waals surface area (Å²) in [6.07, 6.45) is 1.75. The summed E-state index contributed by atoms with van der Waals surface area (Å²) in [7, 11) is 1.55. The third-order valence-electron chi connectivity index (χ3n) is 7.96. The molecule has 0 fully saturated rings. The molecule has 0 unspecified atom stereocenters. The summed E-state index contributed by atoms with van der Waals surface area (Å²) in [5.41, 5.74) is 4.00. The summed E-state index contributed by atoms with van der Waals surface area (Å²) in [6.45, 7) is 6.07. The van der Waals surface area contributed by atoms with Crippen molar-refractivity contribution in [1.29, 1.82) is 5.26 Å². The van der Waals surface area contributed by atoms with Gasteiger partial charge in [0.25, 0.3) is 5.56 Å². The number of ether oxygens (including phenoxy) is 4. The average Bonchev–Trinajstić information content (AvgIpc) is 3.44. The summed E-state index contributed by atoms with van der Waals surface area (Å²) in [6, 6.07) is 28.9. The fraction of sp³-hybridized carbons (Fsp3) is 0.200. The first-order valence-corrected chi connectivity index (χ1v) is 17.9. The van der Waals surface area contributed by atoms with E-state index in [9.17, 15) is 9.59 Å². The first-order valence-electron chi connectivity index (χ1n) is 16.2. The molecule has 6 rings (SSSR count). The summed E-state index contributed by atoms with van der Waals surface area (Å²) < 4.78 is 25.9. The molecule has 1 aromatic heterocycles. The first-order chi connectivity index (χ1) is 24.7. The summed E-state index contributed by atoms with van der Waals surface area (Å²) in [5, 5.41) is 9.09. The van der Waals surface area contributed by atoms with Crippen molar-refractivity contribution in [1.82, 2.24) is 4.57 Å². The molecule has 0 aliphatic carbocycles. The van der Waals surface area contributed by atoms with Gasteiger partial charge in [-0.3, -0.25) is 9.36 Å². The van der Waals surface area contributed by atoms with Gasteiger partial charge in [-0.2, -0.15) is 5.26 Å². The van der Waals surface area contributed by atoms with Crippen molar-refractivity contribution in [2.75, 3.05) is 13.7 Å². The topological polar surface area (TPSA) is 112 Å². The van der Waals surface area contributed by atoms with E-state index in [0.29, 0.717) is 53.4 Å². The number of carbonyl (C=O) groups excluding carboxylic acids is 1. The number of fused-ring (bicyclic) bond motifs is 1. The molecule has 1 aliphatic heterocycles.